The highest BCUT2D eigenvalue weighted by Gasteiger charge is 2.45. The lowest BCUT2D eigenvalue weighted by molar-refractivity contribution is -0.139. The quantitative estimate of drug-likeness (QED) is 0.106. The molecule has 3 saturated heterocycles. The predicted molar refractivity (Wildman–Crippen MR) is 248 cm³/mol. The van der Waals surface area contributed by atoms with Crippen LogP contribution in [0.5, 0.6) is 5.75 Å². The van der Waals surface area contributed by atoms with E-state index in [-0.39, 0.29) is 54.0 Å². The molecule has 6 heterocycles. The first-order chi connectivity index (χ1) is 31.7. The lowest BCUT2D eigenvalue weighted by Gasteiger charge is -2.38. The van der Waals surface area contributed by atoms with Gasteiger partial charge in [0.2, 0.25) is 11.8 Å². The zero-order valence-corrected chi connectivity index (χ0v) is 39.1. The second kappa shape index (κ2) is 18.3. The van der Waals surface area contributed by atoms with Gasteiger partial charge in [0.25, 0.3) is 0 Å². The molecule has 3 aromatic carbocycles. The molecule has 0 aliphatic carbocycles. The molecular formula is C50H62N8O8. The maximum Gasteiger partial charge on any atom is 0.407 e. The molecule has 4 aliphatic heterocycles. The van der Waals surface area contributed by atoms with Crippen LogP contribution in [0, 0.1) is 17.8 Å². The number of carbonyl (C=O) groups excluding carboxylic acids is 4. The molecule has 350 valence electrons. The van der Waals surface area contributed by atoms with Crippen molar-refractivity contribution < 1.29 is 38.1 Å². The second-order valence-corrected chi connectivity index (χ2v) is 19.2. The van der Waals surface area contributed by atoms with Crippen LogP contribution in [-0.2, 0) is 30.4 Å². The average Bonchev–Trinajstić information content (AvgIpc) is 4.14. The SMILES string of the molecule is CC[C@H]1CC(c2ncc(-c3ccc4c(c3)COc3cc5c(ccc6[nH]c(C7CC[C@H](C)N7C(=O)[C@@H](NC(=O)OC)C(C)C)nc65)cc3-4)[nH]2)N(C(=O)C(NC(=O)OC)C2CC(C)O[C@H](C)C2)C1. The molecule has 4 amide bonds. The number of benzene rings is 3. The fourth-order valence-electron chi connectivity index (χ4n) is 11.0. The summed E-state index contributed by atoms with van der Waals surface area (Å²) < 4.78 is 22.3. The molecule has 2 aromatic heterocycles. The largest absolute Gasteiger partial charge is 0.488 e. The van der Waals surface area contributed by atoms with Gasteiger partial charge < -0.3 is 49.3 Å². The number of H-pyrrole nitrogens is 2. The van der Waals surface area contributed by atoms with Gasteiger partial charge in [-0.3, -0.25) is 9.59 Å². The molecule has 5 unspecified atom stereocenters. The number of hydrogen-bond acceptors (Lipinski definition) is 10. The minimum atomic E-state index is -0.742. The summed E-state index contributed by atoms with van der Waals surface area (Å²) >= 11 is 0. The van der Waals surface area contributed by atoms with E-state index in [0.29, 0.717) is 37.7 Å². The first kappa shape index (κ1) is 45.0. The lowest BCUT2D eigenvalue weighted by atomic mass is 9.85. The summed E-state index contributed by atoms with van der Waals surface area (Å²) in [7, 11) is 2.62. The molecule has 3 fully saturated rings. The van der Waals surface area contributed by atoms with E-state index < -0.39 is 24.3 Å². The molecule has 4 N–H and O–H groups in total. The molecule has 9 rings (SSSR count). The maximum absolute atomic E-state index is 14.5. The van der Waals surface area contributed by atoms with E-state index in [0.717, 1.165) is 87.0 Å². The van der Waals surface area contributed by atoms with Crippen LogP contribution in [-0.4, -0.2) is 105 Å². The Labute approximate surface area is 384 Å². The number of amides is 4. The van der Waals surface area contributed by atoms with Gasteiger partial charge in [-0.1, -0.05) is 45.4 Å². The number of alkyl carbamates (subject to hydrolysis) is 2. The number of methoxy groups -OCH3 is 2. The number of ether oxygens (including phenoxy) is 4. The number of fused-ring (bicyclic) bond motifs is 6. The van der Waals surface area contributed by atoms with Crippen LogP contribution in [0.25, 0.3) is 44.2 Å². The van der Waals surface area contributed by atoms with E-state index >= 15 is 0 Å². The first-order valence-electron chi connectivity index (χ1n) is 23.5. The van der Waals surface area contributed by atoms with Gasteiger partial charge in [-0.05, 0) is 117 Å². The van der Waals surface area contributed by atoms with E-state index in [1.54, 1.807) is 0 Å². The fraction of sp³-hybridized carbons (Fsp3) is 0.520. The highest BCUT2D eigenvalue weighted by molar-refractivity contribution is 6.07. The summed E-state index contributed by atoms with van der Waals surface area (Å²) in [6, 6.07) is 12.7. The summed E-state index contributed by atoms with van der Waals surface area (Å²) in [4.78, 5) is 74.2. The van der Waals surface area contributed by atoms with Crippen LogP contribution >= 0.6 is 0 Å². The Kier molecular flexibility index (Phi) is 12.5. The zero-order valence-electron chi connectivity index (χ0n) is 39.1. The Bertz CT molecular complexity index is 2650. The fourth-order valence-corrected chi connectivity index (χ4v) is 11.0. The highest BCUT2D eigenvalue weighted by atomic mass is 16.5. The van der Waals surface area contributed by atoms with Crippen molar-refractivity contribution in [2.45, 2.75) is 129 Å². The molecule has 0 bridgehead atoms. The van der Waals surface area contributed by atoms with Crippen molar-refractivity contribution in [2.75, 3.05) is 20.8 Å². The van der Waals surface area contributed by atoms with Crippen molar-refractivity contribution in [1.29, 1.82) is 0 Å². The van der Waals surface area contributed by atoms with Gasteiger partial charge in [-0.2, -0.15) is 0 Å². The Hall–Kier alpha value is -6.16. The van der Waals surface area contributed by atoms with Crippen molar-refractivity contribution in [3.63, 3.8) is 0 Å². The molecule has 66 heavy (non-hydrogen) atoms. The molecule has 16 heteroatoms. The van der Waals surface area contributed by atoms with Gasteiger partial charge in [0.15, 0.2) is 0 Å². The van der Waals surface area contributed by atoms with Crippen LogP contribution in [0.1, 0.15) is 109 Å². The molecule has 0 saturated carbocycles. The number of rotatable bonds is 10. The maximum atomic E-state index is 14.5. The number of aromatic nitrogens is 4. The molecule has 16 nitrogen and oxygen atoms in total. The number of nitrogens with one attached hydrogen (secondary N) is 4. The second-order valence-electron chi connectivity index (χ2n) is 19.2. The van der Waals surface area contributed by atoms with Gasteiger partial charge in [-0.25, -0.2) is 19.6 Å². The van der Waals surface area contributed by atoms with Crippen LogP contribution < -0.4 is 15.4 Å². The number of carbonyl (C=O) groups is 4. The van der Waals surface area contributed by atoms with Crippen LogP contribution in [0.4, 0.5) is 9.59 Å². The number of hydrogen-bond donors (Lipinski definition) is 4. The molecule has 0 spiro atoms. The Morgan fingerprint density at radius 1 is 0.864 bits per heavy atom. The van der Waals surface area contributed by atoms with Crippen LogP contribution in [0.3, 0.4) is 0 Å². The van der Waals surface area contributed by atoms with Crippen LogP contribution in [0.2, 0.25) is 0 Å². The van der Waals surface area contributed by atoms with Gasteiger partial charge >= 0.3 is 12.2 Å². The van der Waals surface area contributed by atoms with Gasteiger partial charge in [0.1, 0.15) is 36.1 Å². The Balaban J connectivity index is 0.963. The minimum Gasteiger partial charge on any atom is -0.488 e. The number of nitrogens with zero attached hydrogens (tertiary/aromatic N) is 4. The van der Waals surface area contributed by atoms with E-state index in [2.05, 4.69) is 63.9 Å². The highest BCUT2D eigenvalue weighted by Crippen LogP contribution is 2.44. The minimum absolute atomic E-state index is 0.0294. The first-order valence-corrected chi connectivity index (χ1v) is 23.5. The normalized spacial score (nSPS) is 24.7. The van der Waals surface area contributed by atoms with Crippen molar-refractivity contribution in [3.05, 3.63) is 65.9 Å². The topological polar surface area (TPSA) is 193 Å². The standard InChI is InChI=1S/C50H62N8O8/c1-9-29-18-40(57(23-29)47(59)43(56-50(62)64-8)32-16-27(5)66-28(6)17-32)45-51-22-38(53-45)31-11-13-34-33(19-31)24-65-41-21-35-30(20-36(34)41)12-14-37-44(35)54-46(52-37)39-15-10-26(4)58(39)48(60)42(25(2)3)55-49(61)63-7/h11-14,19-22,25-29,32,39-40,42-43H,9-10,15-18,23-24H2,1-8H3,(H,51,53)(H,52,54)(H,55,61)(H,56,62)/t26-,27+,28?,29-,32?,39?,40?,42-,43?/m0/s1. The third kappa shape index (κ3) is 8.44. The van der Waals surface area contributed by atoms with E-state index in [1.165, 1.54) is 14.2 Å². The summed E-state index contributed by atoms with van der Waals surface area (Å²) in [5.41, 5.74) is 6.59. The lowest BCUT2D eigenvalue weighted by Crippen LogP contribution is -2.54. The molecule has 4 aliphatic rings. The van der Waals surface area contributed by atoms with E-state index in [4.69, 9.17) is 28.9 Å². The van der Waals surface area contributed by atoms with Crippen molar-refractivity contribution >= 4 is 45.8 Å². The van der Waals surface area contributed by atoms with Gasteiger partial charge in [0, 0.05) is 23.5 Å². The molecule has 0 radical (unpaired) electrons. The number of aromatic amines is 2. The monoisotopic (exact) mass is 902 g/mol. The van der Waals surface area contributed by atoms with Gasteiger partial charge in [0.05, 0.1) is 61.4 Å². The molecular weight excluding hydrogens is 841 g/mol. The van der Waals surface area contributed by atoms with Crippen molar-refractivity contribution in [1.82, 2.24) is 40.4 Å². The smallest absolute Gasteiger partial charge is 0.407 e. The predicted octanol–water partition coefficient (Wildman–Crippen LogP) is 8.33. The Morgan fingerprint density at radius 3 is 2.35 bits per heavy atom. The van der Waals surface area contributed by atoms with Gasteiger partial charge in [-0.15, -0.1) is 0 Å². The summed E-state index contributed by atoms with van der Waals surface area (Å²) in [6.45, 7) is 13.0. The number of imidazole rings is 2. The molecule has 5 aromatic rings. The summed E-state index contributed by atoms with van der Waals surface area (Å²) in [5.74, 6) is 1.99. The van der Waals surface area contributed by atoms with Crippen LogP contribution in [0.15, 0.2) is 48.7 Å². The van der Waals surface area contributed by atoms with E-state index in [9.17, 15) is 19.2 Å². The third-order valence-corrected chi connectivity index (χ3v) is 14.4. The number of likely N-dealkylation sites (tertiary alicyclic amines) is 2. The Morgan fingerprint density at radius 2 is 1.62 bits per heavy atom. The third-order valence-electron chi connectivity index (χ3n) is 14.4. The summed E-state index contributed by atoms with van der Waals surface area (Å²) in [6.07, 6.45) is 5.08. The zero-order chi connectivity index (χ0) is 46.6. The molecule has 9 atom stereocenters. The summed E-state index contributed by atoms with van der Waals surface area (Å²) in [5, 5.41) is 7.60. The average molecular weight is 903 g/mol. The van der Waals surface area contributed by atoms with Crippen molar-refractivity contribution in [3.8, 4) is 28.1 Å². The van der Waals surface area contributed by atoms with E-state index in [1.807, 2.05) is 56.7 Å². The van der Waals surface area contributed by atoms with Crippen molar-refractivity contribution in [2.24, 2.45) is 17.8 Å².